The van der Waals surface area contributed by atoms with Crippen molar-refractivity contribution in [3.8, 4) is 0 Å². The minimum Gasteiger partial charge on any atom is -0.375 e. The van der Waals surface area contributed by atoms with Crippen LogP contribution in [0.5, 0.6) is 0 Å². The van der Waals surface area contributed by atoms with Crippen molar-refractivity contribution in [1.29, 1.82) is 0 Å². The van der Waals surface area contributed by atoms with Gasteiger partial charge in [0.25, 0.3) is 5.91 Å². The third kappa shape index (κ3) is 2.68. The predicted molar refractivity (Wildman–Crippen MR) is 75.0 cm³/mol. The molecule has 2 rings (SSSR count). The smallest absolute Gasteiger partial charge is 0.267 e. The van der Waals surface area contributed by atoms with Gasteiger partial charge in [0.2, 0.25) is 0 Å². The summed E-state index contributed by atoms with van der Waals surface area (Å²) in [5.74, 6) is -0.164. The van der Waals surface area contributed by atoms with Crippen LogP contribution in [0.1, 0.15) is 27.7 Å². The molecule has 4 nitrogen and oxygen atoms in total. The highest BCUT2D eigenvalue weighted by molar-refractivity contribution is 7.17. The van der Waals surface area contributed by atoms with Crippen LogP contribution < -0.4 is 11.1 Å². The summed E-state index contributed by atoms with van der Waals surface area (Å²) in [7, 11) is 0. The number of benzene rings is 1. The molecule has 18 heavy (non-hydrogen) atoms. The molecule has 0 atom stereocenters. The Morgan fingerprint density at radius 1 is 1.50 bits per heavy atom. The topological polar surface area (TPSA) is 68.0 Å². The van der Waals surface area contributed by atoms with Crippen LogP contribution in [0.3, 0.4) is 0 Å². The van der Waals surface area contributed by atoms with Gasteiger partial charge in [-0.15, -0.1) is 0 Å². The molecule has 0 saturated carbocycles. The Morgan fingerprint density at radius 2 is 2.28 bits per heavy atom. The van der Waals surface area contributed by atoms with Gasteiger partial charge in [0.05, 0.1) is 6.20 Å². The van der Waals surface area contributed by atoms with Gasteiger partial charge in [-0.05, 0) is 25.0 Å². The first-order valence-electron chi connectivity index (χ1n) is 5.72. The first-order chi connectivity index (χ1) is 8.60. The van der Waals surface area contributed by atoms with E-state index in [4.69, 9.17) is 5.73 Å². The predicted octanol–water partition coefficient (Wildman–Crippen LogP) is 2.85. The van der Waals surface area contributed by atoms with Crippen molar-refractivity contribution >= 4 is 28.1 Å². The molecule has 0 unspecified atom stereocenters. The lowest BCUT2D eigenvalue weighted by atomic mass is 10.1. The summed E-state index contributed by atoms with van der Waals surface area (Å²) in [5, 5.41) is 3.30. The standard InChI is InChI=1S/C13H15N3OS/c1-3-9-6-8(2)4-5-10(9)16-12(17)11-7-15-13(14)18-11/h4-7H,3H2,1-2H3,(H2,14,15)(H,16,17). The molecular formula is C13H15N3OS. The molecule has 1 aromatic heterocycles. The van der Waals surface area contributed by atoms with Crippen LogP contribution in [-0.2, 0) is 6.42 Å². The number of aromatic nitrogens is 1. The Morgan fingerprint density at radius 3 is 2.89 bits per heavy atom. The second-order valence-corrected chi connectivity index (χ2v) is 5.09. The molecular weight excluding hydrogens is 246 g/mol. The number of nitrogens with one attached hydrogen (secondary N) is 1. The fraction of sp³-hybridized carbons (Fsp3) is 0.231. The summed E-state index contributed by atoms with van der Waals surface area (Å²) < 4.78 is 0. The van der Waals surface area contributed by atoms with Crippen LogP contribution in [0, 0.1) is 6.92 Å². The number of aryl methyl sites for hydroxylation is 2. The number of nitrogens with two attached hydrogens (primary N) is 1. The number of nitrogen functional groups attached to an aromatic ring is 1. The Balaban J connectivity index is 2.21. The van der Waals surface area contributed by atoms with Crippen LogP contribution in [0.4, 0.5) is 10.8 Å². The molecule has 0 saturated heterocycles. The van der Waals surface area contributed by atoms with Gasteiger partial charge in [-0.1, -0.05) is 36.0 Å². The SMILES string of the molecule is CCc1cc(C)ccc1NC(=O)c1cnc(N)s1. The van der Waals surface area contributed by atoms with Crippen LogP contribution in [0.15, 0.2) is 24.4 Å². The molecule has 1 amide bonds. The van der Waals surface area contributed by atoms with E-state index in [1.165, 1.54) is 23.1 Å². The van der Waals surface area contributed by atoms with Crippen LogP contribution >= 0.6 is 11.3 Å². The minimum atomic E-state index is -0.164. The van der Waals surface area contributed by atoms with E-state index < -0.39 is 0 Å². The number of hydrogen-bond donors (Lipinski definition) is 2. The third-order valence-electron chi connectivity index (χ3n) is 2.64. The van der Waals surface area contributed by atoms with E-state index in [1.807, 2.05) is 19.1 Å². The fourth-order valence-corrected chi connectivity index (χ4v) is 2.29. The Kier molecular flexibility index (Phi) is 3.62. The van der Waals surface area contributed by atoms with Crippen molar-refractivity contribution in [1.82, 2.24) is 4.98 Å². The normalized spacial score (nSPS) is 10.3. The maximum absolute atomic E-state index is 12.0. The summed E-state index contributed by atoms with van der Waals surface area (Å²) in [5.41, 5.74) is 8.67. The van der Waals surface area contributed by atoms with E-state index >= 15 is 0 Å². The van der Waals surface area contributed by atoms with Gasteiger partial charge in [-0.25, -0.2) is 4.98 Å². The van der Waals surface area contributed by atoms with Crippen molar-refractivity contribution in [2.45, 2.75) is 20.3 Å². The lowest BCUT2D eigenvalue weighted by Gasteiger charge is -2.09. The zero-order valence-corrected chi connectivity index (χ0v) is 11.2. The summed E-state index contributed by atoms with van der Waals surface area (Å²) >= 11 is 1.19. The summed E-state index contributed by atoms with van der Waals surface area (Å²) in [6, 6.07) is 5.99. The number of anilines is 2. The molecule has 0 spiro atoms. The Labute approximate surface area is 110 Å². The van der Waals surface area contributed by atoms with Crippen molar-refractivity contribution in [3.63, 3.8) is 0 Å². The zero-order chi connectivity index (χ0) is 13.1. The highest BCUT2D eigenvalue weighted by Crippen LogP contribution is 2.21. The second kappa shape index (κ2) is 5.18. The van der Waals surface area contributed by atoms with Gasteiger partial charge in [0.1, 0.15) is 4.88 Å². The van der Waals surface area contributed by atoms with E-state index in [0.717, 1.165) is 17.7 Å². The Hall–Kier alpha value is -1.88. The second-order valence-electron chi connectivity index (χ2n) is 4.03. The molecule has 2 aromatic rings. The first kappa shape index (κ1) is 12.6. The first-order valence-corrected chi connectivity index (χ1v) is 6.54. The molecule has 0 radical (unpaired) electrons. The number of carbonyl (C=O) groups excluding carboxylic acids is 1. The fourth-order valence-electron chi connectivity index (χ4n) is 1.71. The molecule has 1 heterocycles. The molecule has 0 aliphatic rings. The summed E-state index contributed by atoms with van der Waals surface area (Å²) in [4.78, 5) is 16.4. The van der Waals surface area contributed by atoms with Crippen LogP contribution in [0.2, 0.25) is 0 Å². The lowest BCUT2D eigenvalue weighted by molar-refractivity contribution is 0.103. The number of nitrogens with zero attached hydrogens (tertiary/aromatic N) is 1. The van der Waals surface area contributed by atoms with Gasteiger partial charge >= 0.3 is 0 Å². The quantitative estimate of drug-likeness (QED) is 0.892. The van der Waals surface area contributed by atoms with Gasteiger partial charge in [0, 0.05) is 5.69 Å². The van der Waals surface area contributed by atoms with Crippen molar-refractivity contribution in [2.75, 3.05) is 11.1 Å². The number of thiazole rings is 1. The molecule has 94 valence electrons. The number of hydrogen-bond acceptors (Lipinski definition) is 4. The largest absolute Gasteiger partial charge is 0.375 e. The summed E-state index contributed by atoms with van der Waals surface area (Å²) in [6.45, 7) is 4.10. The number of carbonyl (C=O) groups is 1. The van der Waals surface area contributed by atoms with E-state index in [2.05, 4.69) is 23.3 Å². The molecule has 0 aliphatic carbocycles. The summed E-state index contributed by atoms with van der Waals surface area (Å²) in [6.07, 6.45) is 2.37. The van der Waals surface area contributed by atoms with Gasteiger partial charge in [-0.3, -0.25) is 4.79 Å². The minimum absolute atomic E-state index is 0.164. The van der Waals surface area contributed by atoms with Gasteiger partial charge < -0.3 is 11.1 Å². The Bertz CT molecular complexity index is 577. The zero-order valence-electron chi connectivity index (χ0n) is 10.4. The lowest BCUT2D eigenvalue weighted by Crippen LogP contribution is -2.11. The highest BCUT2D eigenvalue weighted by atomic mass is 32.1. The van der Waals surface area contributed by atoms with E-state index in [1.54, 1.807) is 0 Å². The number of rotatable bonds is 3. The highest BCUT2D eigenvalue weighted by Gasteiger charge is 2.11. The maximum Gasteiger partial charge on any atom is 0.267 e. The molecule has 5 heteroatoms. The molecule has 3 N–H and O–H groups in total. The van der Waals surface area contributed by atoms with E-state index in [-0.39, 0.29) is 5.91 Å². The van der Waals surface area contributed by atoms with E-state index in [9.17, 15) is 4.79 Å². The van der Waals surface area contributed by atoms with Crippen molar-refractivity contribution in [2.24, 2.45) is 0 Å². The molecule has 1 aromatic carbocycles. The average molecular weight is 261 g/mol. The van der Waals surface area contributed by atoms with Gasteiger partial charge in [-0.2, -0.15) is 0 Å². The molecule has 0 fully saturated rings. The van der Waals surface area contributed by atoms with Gasteiger partial charge in [0.15, 0.2) is 5.13 Å². The molecule has 0 bridgehead atoms. The van der Waals surface area contributed by atoms with Crippen LogP contribution in [-0.4, -0.2) is 10.9 Å². The number of amides is 1. The molecule has 0 aliphatic heterocycles. The monoisotopic (exact) mass is 261 g/mol. The van der Waals surface area contributed by atoms with Crippen molar-refractivity contribution in [3.05, 3.63) is 40.4 Å². The van der Waals surface area contributed by atoms with E-state index in [0.29, 0.717) is 10.0 Å². The average Bonchev–Trinajstić information content (AvgIpc) is 2.78. The van der Waals surface area contributed by atoms with Crippen molar-refractivity contribution < 1.29 is 4.79 Å². The maximum atomic E-state index is 12.0. The third-order valence-corrected chi connectivity index (χ3v) is 3.46. The van der Waals surface area contributed by atoms with Crippen LogP contribution in [0.25, 0.3) is 0 Å².